The van der Waals surface area contributed by atoms with E-state index in [-0.39, 0.29) is 12.4 Å². The molecule has 0 fully saturated rings. The Hall–Kier alpha value is -2.19. The highest BCUT2D eigenvalue weighted by atomic mass is 32.2. The van der Waals surface area contributed by atoms with E-state index in [0.29, 0.717) is 5.56 Å². The zero-order valence-electron chi connectivity index (χ0n) is 11.5. The van der Waals surface area contributed by atoms with Crippen molar-refractivity contribution in [3.63, 3.8) is 0 Å². The average molecular weight is 311 g/mol. The summed E-state index contributed by atoms with van der Waals surface area (Å²) in [4.78, 5) is 10.3. The first-order chi connectivity index (χ1) is 9.69. The van der Waals surface area contributed by atoms with Crippen molar-refractivity contribution in [2.45, 2.75) is 6.92 Å². The Balaban J connectivity index is 2.70. The number of nitrogens with one attached hydrogen (secondary N) is 2. The summed E-state index contributed by atoms with van der Waals surface area (Å²) in [7, 11) is -3.82. The Morgan fingerprint density at radius 3 is 2.67 bits per heavy atom. The van der Waals surface area contributed by atoms with Crippen molar-refractivity contribution in [2.75, 3.05) is 12.3 Å². The summed E-state index contributed by atoms with van der Waals surface area (Å²) < 4.78 is 24.7. The first kappa shape index (κ1) is 16.9. The first-order valence-corrected chi connectivity index (χ1v) is 7.66. The standard InChI is InChI=1S/C13H17N3O4S/c1-9-5-10(7-11(6-9)13(14)15)3-2-4-16-21(19,20)8-12(17)18/h2-3,5-7,16H,4,8H2,1H3,(H3,14,15)(H,17,18)/b3-2+. The van der Waals surface area contributed by atoms with Crippen LogP contribution < -0.4 is 10.5 Å². The van der Waals surface area contributed by atoms with E-state index in [1.165, 1.54) is 0 Å². The van der Waals surface area contributed by atoms with Gasteiger partial charge in [0, 0.05) is 12.1 Å². The molecular weight excluding hydrogens is 294 g/mol. The molecule has 1 aromatic rings. The van der Waals surface area contributed by atoms with Gasteiger partial charge in [-0.15, -0.1) is 0 Å². The lowest BCUT2D eigenvalue weighted by molar-refractivity contribution is -0.134. The van der Waals surface area contributed by atoms with Gasteiger partial charge in [0.15, 0.2) is 5.75 Å². The SMILES string of the molecule is Cc1cc(/C=C/CNS(=O)(=O)CC(=O)O)cc(C(=N)N)c1. The minimum atomic E-state index is -3.82. The van der Waals surface area contributed by atoms with Crippen LogP contribution in [-0.4, -0.2) is 37.6 Å². The minimum absolute atomic E-state index is 0.0149. The van der Waals surface area contributed by atoms with Gasteiger partial charge in [-0.05, 0) is 30.2 Å². The molecular formula is C13H17N3O4S. The van der Waals surface area contributed by atoms with Crippen LogP contribution in [0.3, 0.4) is 0 Å². The summed E-state index contributed by atoms with van der Waals surface area (Å²) in [5, 5.41) is 15.8. The molecule has 0 aliphatic heterocycles. The maximum absolute atomic E-state index is 11.3. The molecule has 0 spiro atoms. The number of amidine groups is 1. The fourth-order valence-corrected chi connectivity index (χ4v) is 2.43. The zero-order valence-corrected chi connectivity index (χ0v) is 12.3. The predicted octanol–water partition coefficient (Wildman–Crippen LogP) is 0.296. The largest absolute Gasteiger partial charge is 0.480 e. The maximum Gasteiger partial charge on any atom is 0.320 e. The highest BCUT2D eigenvalue weighted by molar-refractivity contribution is 7.90. The van der Waals surface area contributed by atoms with Crippen LogP contribution in [0.25, 0.3) is 6.08 Å². The fourth-order valence-electron chi connectivity index (χ4n) is 1.65. The van der Waals surface area contributed by atoms with Crippen LogP contribution in [-0.2, 0) is 14.8 Å². The maximum atomic E-state index is 11.3. The van der Waals surface area contributed by atoms with Crippen LogP contribution in [0.2, 0.25) is 0 Å². The van der Waals surface area contributed by atoms with Gasteiger partial charge < -0.3 is 10.8 Å². The third-order valence-corrected chi connectivity index (χ3v) is 3.69. The molecule has 0 heterocycles. The molecule has 21 heavy (non-hydrogen) atoms. The van der Waals surface area contributed by atoms with Crippen molar-refractivity contribution in [1.82, 2.24) is 4.72 Å². The number of nitrogens with two attached hydrogens (primary N) is 1. The third kappa shape index (κ3) is 6.19. The Kier molecular flexibility index (Phi) is 5.62. The van der Waals surface area contributed by atoms with E-state index in [1.54, 1.807) is 24.3 Å². The molecule has 0 unspecified atom stereocenters. The van der Waals surface area contributed by atoms with Gasteiger partial charge in [-0.1, -0.05) is 18.2 Å². The van der Waals surface area contributed by atoms with Crippen LogP contribution in [0.1, 0.15) is 16.7 Å². The number of nitrogen functional groups attached to an aromatic ring is 1. The van der Waals surface area contributed by atoms with Gasteiger partial charge in [0.2, 0.25) is 10.0 Å². The molecule has 5 N–H and O–H groups in total. The van der Waals surface area contributed by atoms with Crippen molar-refractivity contribution in [1.29, 1.82) is 5.41 Å². The number of carbonyl (C=O) groups is 1. The second-order valence-electron chi connectivity index (χ2n) is 4.45. The predicted molar refractivity (Wildman–Crippen MR) is 80.7 cm³/mol. The zero-order chi connectivity index (χ0) is 16.0. The lowest BCUT2D eigenvalue weighted by Crippen LogP contribution is -2.29. The number of aryl methyl sites for hydroxylation is 1. The molecule has 0 radical (unpaired) electrons. The second kappa shape index (κ2) is 7.00. The molecule has 0 aromatic heterocycles. The third-order valence-electron chi connectivity index (χ3n) is 2.46. The smallest absolute Gasteiger partial charge is 0.320 e. The van der Waals surface area contributed by atoms with Gasteiger partial charge >= 0.3 is 5.97 Å². The van der Waals surface area contributed by atoms with E-state index in [0.717, 1.165) is 11.1 Å². The van der Waals surface area contributed by atoms with Crippen LogP contribution in [0, 0.1) is 12.3 Å². The van der Waals surface area contributed by atoms with Gasteiger partial charge in [-0.3, -0.25) is 10.2 Å². The van der Waals surface area contributed by atoms with Gasteiger partial charge in [-0.25, -0.2) is 13.1 Å². The Labute approximate surface area is 123 Å². The molecule has 0 bridgehead atoms. The van der Waals surface area contributed by atoms with Crippen molar-refractivity contribution in [3.8, 4) is 0 Å². The highest BCUT2D eigenvalue weighted by Gasteiger charge is 2.13. The lowest BCUT2D eigenvalue weighted by Gasteiger charge is -2.03. The van der Waals surface area contributed by atoms with Gasteiger partial charge in [-0.2, -0.15) is 0 Å². The van der Waals surface area contributed by atoms with E-state index in [2.05, 4.69) is 4.72 Å². The number of rotatable bonds is 7. The fraction of sp³-hybridized carbons (Fsp3) is 0.231. The van der Waals surface area contributed by atoms with E-state index >= 15 is 0 Å². The molecule has 0 aliphatic carbocycles. The Bertz CT molecular complexity index is 681. The summed E-state index contributed by atoms with van der Waals surface area (Å²) in [6.45, 7) is 1.85. The molecule has 0 aliphatic rings. The molecule has 114 valence electrons. The van der Waals surface area contributed by atoms with Crippen LogP contribution in [0.5, 0.6) is 0 Å². The average Bonchev–Trinajstić information content (AvgIpc) is 2.32. The topological polar surface area (TPSA) is 133 Å². The molecule has 0 amide bonds. The number of hydrogen-bond donors (Lipinski definition) is 4. The quantitative estimate of drug-likeness (QED) is 0.424. The van der Waals surface area contributed by atoms with E-state index < -0.39 is 21.7 Å². The van der Waals surface area contributed by atoms with Crippen molar-refractivity contribution in [2.24, 2.45) is 5.73 Å². The van der Waals surface area contributed by atoms with Crippen LogP contribution >= 0.6 is 0 Å². The number of benzene rings is 1. The minimum Gasteiger partial charge on any atom is -0.480 e. The van der Waals surface area contributed by atoms with E-state index in [4.69, 9.17) is 16.2 Å². The Morgan fingerprint density at radius 1 is 1.43 bits per heavy atom. The molecule has 1 rings (SSSR count). The van der Waals surface area contributed by atoms with Crippen LogP contribution in [0.15, 0.2) is 24.3 Å². The molecule has 0 atom stereocenters. The molecule has 8 heteroatoms. The molecule has 0 saturated heterocycles. The number of sulfonamides is 1. The number of carboxylic acid groups (broad SMARTS) is 1. The lowest BCUT2D eigenvalue weighted by atomic mass is 10.1. The number of carboxylic acids is 1. The van der Waals surface area contributed by atoms with Gasteiger partial charge in [0.25, 0.3) is 0 Å². The van der Waals surface area contributed by atoms with Crippen molar-refractivity contribution >= 4 is 27.9 Å². The number of aliphatic carboxylic acids is 1. The van der Waals surface area contributed by atoms with Crippen molar-refractivity contribution < 1.29 is 18.3 Å². The van der Waals surface area contributed by atoms with Gasteiger partial charge in [0.05, 0.1) is 0 Å². The number of hydrogen-bond acceptors (Lipinski definition) is 4. The van der Waals surface area contributed by atoms with Crippen molar-refractivity contribution in [3.05, 3.63) is 41.0 Å². The summed E-state index contributed by atoms with van der Waals surface area (Å²) in [6, 6.07) is 5.33. The Morgan fingerprint density at radius 2 is 2.10 bits per heavy atom. The second-order valence-corrected chi connectivity index (χ2v) is 6.26. The van der Waals surface area contributed by atoms with Crippen LogP contribution in [0.4, 0.5) is 0 Å². The summed E-state index contributed by atoms with van der Waals surface area (Å²) in [5.74, 6) is -2.41. The monoisotopic (exact) mass is 311 g/mol. The molecule has 0 saturated carbocycles. The summed E-state index contributed by atoms with van der Waals surface area (Å²) in [5.41, 5.74) is 7.71. The summed E-state index contributed by atoms with van der Waals surface area (Å²) in [6.07, 6.45) is 3.22. The normalized spacial score (nSPS) is 11.7. The molecule has 7 nitrogen and oxygen atoms in total. The van der Waals surface area contributed by atoms with E-state index in [9.17, 15) is 13.2 Å². The first-order valence-electron chi connectivity index (χ1n) is 6.01. The van der Waals surface area contributed by atoms with E-state index in [1.807, 2.05) is 13.0 Å². The summed E-state index contributed by atoms with van der Waals surface area (Å²) >= 11 is 0. The highest BCUT2D eigenvalue weighted by Crippen LogP contribution is 2.10. The van der Waals surface area contributed by atoms with Gasteiger partial charge in [0.1, 0.15) is 5.84 Å². The molecule has 1 aromatic carbocycles.